The fourth-order valence-electron chi connectivity index (χ4n) is 15.6. The zero-order valence-corrected chi connectivity index (χ0v) is 63.6. The van der Waals surface area contributed by atoms with Crippen molar-refractivity contribution >= 4 is 82.5 Å². The van der Waals surface area contributed by atoms with Crippen LogP contribution in [0.2, 0.25) is 5.02 Å². The Labute approximate surface area is 611 Å². The fourth-order valence-corrected chi connectivity index (χ4v) is 15.9. The maximum atomic E-state index is 15.5. The minimum atomic E-state index is -4.76. The summed E-state index contributed by atoms with van der Waals surface area (Å²) < 4.78 is 47.7. The lowest BCUT2D eigenvalue weighted by Crippen LogP contribution is -2.65. The van der Waals surface area contributed by atoms with Crippen LogP contribution in [0.4, 0.5) is 13.2 Å². The van der Waals surface area contributed by atoms with Gasteiger partial charge >= 0.3 is 6.18 Å². The maximum Gasteiger partial charge on any atom is 0.417 e. The molecule has 29 heteroatoms. The van der Waals surface area contributed by atoms with Gasteiger partial charge in [-0.2, -0.15) is 13.2 Å². The largest absolute Gasteiger partial charge is 0.417 e. The topological polar surface area (TPSA) is 279 Å². The third-order valence-corrected chi connectivity index (χ3v) is 22.4. The van der Waals surface area contributed by atoms with Gasteiger partial charge in [-0.25, -0.2) is 0 Å². The average molecular weight is 1470 g/mol. The average Bonchev–Trinajstić information content (AvgIpc) is 1.77. The first-order valence-electron chi connectivity index (χ1n) is 37.3. The summed E-state index contributed by atoms with van der Waals surface area (Å²) in [5.74, 6) is -8.51. The molecule has 6 aliphatic rings. The predicted molar refractivity (Wildman–Crippen MR) is 380 cm³/mol. The Morgan fingerprint density at radius 3 is 1.86 bits per heavy atom. The van der Waals surface area contributed by atoms with E-state index < -0.39 is 166 Å². The first-order valence-corrected chi connectivity index (χ1v) is 37.7. The number of benzene rings is 1. The molecule has 1 aromatic rings. The number of ether oxygens (including phenoxy) is 1. The normalized spacial score (nSPS) is 27.1. The van der Waals surface area contributed by atoms with Gasteiger partial charge in [0.15, 0.2) is 0 Å². The van der Waals surface area contributed by atoms with Crippen LogP contribution in [0.15, 0.2) is 18.2 Å². The molecule has 1 aromatic carbocycles. The Hall–Kier alpha value is -7.10. The molecule has 0 radical (unpaired) electrons. The smallest absolute Gasteiger partial charge is 0.379 e. The number of nitrogens with one attached hydrogen (secondary N) is 3. The molecule has 103 heavy (non-hydrogen) atoms. The van der Waals surface area contributed by atoms with Gasteiger partial charge in [-0.1, -0.05) is 104 Å². The van der Waals surface area contributed by atoms with Crippen LogP contribution in [0.25, 0.3) is 0 Å². The van der Waals surface area contributed by atoms with Crippen LogP contribution in [-0.4, -0.2) is 263 Å². The highest BCUT2D eigenvalue weighted by Crippen LogP contribution is 2.38. The Morgan fingerprint density at radius 1 is 0.631 bits per heavy atom. The molecule has 25 nitrogen and oxygen atoms in total. The molecule has 7 rings (SSSR count). The van der Waals surface area contributed by atoms with Gasteiger partial charge in [-0.05, 0) is 132 Å². The Kier molecular flexibility index (Phi) is 29.7. The van der Waals surface area contributed by atoms with Crippen molar-refractivity contribution < 1.29 is 75.4 Å². The Bertz CT molecular complexity index is 3210. The van der Waals surface area contributed by atoms with Crippen LogP contribution in [0, 0.1) is 23.7 Å². The summed E-state index contributed by atoms with van der Waals surface area (Å²) in [5.41, 5.74) is -2.37. The summed E-state index contributed by atoms with van der Waals surface area (Å²) in [6.07, 6.45) is 3.78. The van der Waals surface area contributed by atoms with Gasteiger partial charge in [-0.15, -0.1) is 0 Å². The number of nitrogens with zero attached hydrogens (tertiary/aromatic N) is 9. The van der Waals surface area contributed by atoms with E-state index in [-0.39, 0.29) is 95.4 Å². The van der Waals surface area contributed by atoms with Crippen molar-refractivity contribution in [3.05, 3.63) is 34.3 Å². The first-order chi connectivity index (χ1) is 48.5. The number of fused-ring (bicyclic) bond motifs is 2. The molecular formula is C74H114ClF3N12O13. The van der Waals surface area contributed by atoms with Crippen molar-refractivity contribution in [1.29, 1.82) is 0 Å². The van der Waals surface area contributed by atoms with Gasteiger partial charge in [0, 0.05) is 75.1 Å². The van der Waals surface area contributed by atoms with Gasteiger partial charge in [0.2, 0.25) is 70.9 Å². The lowest BCUT2D eigenvalue weighted by Gasteiger charge is -2.45. The fraction of sp³-hybridized carbons (Fsp3) is 0.757. The minimum absolute atomic E-state index is 0.0126. The molecule has 0 unspecified atom stereocenters. The number of likely N-dealkylation sites (tertiary alicyclic amines) is 1. The number of carbonyl (C=O) groups excluding carboxylic acids is 12. The summed E-state index contributed by atoms with van der Waals surface area (Å²) in [7, 11) is 8.53. The molecule has 2 saturated carbocycles. The van der Waals surface area contributed by atoms with Gasteiger partial charge in [0.05, 0.1) is 30.2 Å². The highest BCUT2D eigenvalue weighted by molar-refractivity contribution is 6.31. The first kappa shape index (κ1) is 83.2. The number of alkyl halides is 3. The van der Waals surface area contributed by atoms with Gasteiger partial charge in [0.25, 0.3) is 0 Å². The molecule has 4 heterocycles. The molecule has 3 N–H and O–H groups in total. The second-order valence-electron chi connectivity index (χ2n) is 30.9. The molecule has 9 atom stereocenters. The second kappa shape index (κ2) is 36.7. The van der Waals surface area contributed by atoms with E-state index in [2.05, 4.69) is 16.0 Å². The number of rotatable bonds is 14. The van der Waals surface area contributed by atoms with Crippen LogP contribution >= 0.6 is 11.6 Å². The van der Waals surface area contributed by atoms with Crippen LogP contribution in [0.5, 0.6) is 0 Å². The number of piperidine rings is 1. The van der Waals surface area contributed by atoms with E-state index >= 15 is 28.8 Å². The van der Waals surface area contributed by atoms with E-state index in [1.807, 2.05) is 27.7 Å². The third-order valence-electron chi connectivity index (χ3n) is 22.1. The van der Waals surface area contributed by atoms with Gasteiger partial charge < -0.3 is 64.8 Å². The van der Waals surface area contributed by atoms with Crippen molar-refractivity contribution in [1.82, 2.24) is 60.0 Å². The van der Waals surface area contributed by atoms with Crippen molar-refractivity contribution in [2.45, 2.75) is 249 Å². The van der Waals surface area contributed by atoms with Crippen LogP contribution in [-0.2, 0) is 74.9 Å². The number of carbonyl (C=O) groups is 12. The van der Waals surface area contributed by atoms with Gasteiger partial charge in [-0.3, -0.25) is 57.5 Å². The number of hydrogen-bond acceptors (Lipinski definition) is 13. The highest BCUT2D eigenvalue weighted by atomic mass is 35.5. The molecule has 0 aromatic heterocycles. The van der Waals surface area contributed by atoms with Crippen molar-refractivity contribution in [3.8, 4) is 0 Å². The molecule has 1 spiro atoms. The minimum Gasteiger partial charge on any atom is -0.379 e. The molecule has 12 amide bonds. The van der Waals surface area contributed by atoms with Gasteiger partial charge in [0.1, 0.15) is 59.9 Å². The molecule has 6 fully saturated rings. The number of hydrogen-bond donors (Lipinski definition) is 3. The molecule has 0 bridgehead atoms. The van der Waals surface area contributed by atoms with E-state index in [1.54, 1.807) is 18.7 Å². The monoisotopic (exact) mass is 1470 g/mol. The van der Waals surface area contributed by atoms with E-state index in [0.717, 1.165) is 55.6 Å². The van der Waals surface area contributed by atoms with Crippen molar-refractivity contribution in [2.24, 2.45) is 23.7 Å². The summed E-state index contributed by atoms with van der Waals surface area (Å²) >= 11 is 6.16. The lowest BCUT2D eigenvalue weighted by atomic mass is 9.84. The number of likely N-dealkylation sites (N-methyl/N-ethyl adjacent to an activating group) is 6. The number of amides is 12. The summed E-state index contributed by atoms with van der Waals surface area (Å²) in [4.78, 5) is 192. The highest BCUT2D eigenvalue weighted by Gasteiger charge is 2.51. The predicted octanol–water partition coefficient (Wildman–Crippen LogP) is 6.05. The molecule has 4 saturated heterocycles. The lowest BCUT2D eigenvalue weighted by molar-refractivity contribution is -0.160. The van der Waals surface area contributed by atoms with E-state index in [1.165, 1.54) is 89.6 Å². The Balaban J connectivity index is 1.29. The molecular weight excluding hydrogens is 1360 g/mol. The zero-order valence-electron chi connectivity index (χ0n) is 62.9. The SMILES string of the molecule is CC(C)CCOC[C@@H]1NC(=O)[C@H](CC(C)C)N(C)C(=O)C[C@@H](C(=O)N2CCCCC2)N(C)C(=O)[C@H](C(C)C)N(C)C(=O)C2(CCCC2)NC(=O)[C@@H]2CCCN2C(=O)[C@H](CCc2ccc(C(F)(F)F)c(Cl)c2)NC(=O)CN(C)C(=O)[C@H](CC2CCCCC2)N(C)C(=O)[C@@H]2CCN2C(=O)[C@H](C)N(C)C1=O. The molecule has 576 valence electrons. The van der Waals surface area contributed by atoms with Crippen molar-refractivity contribution in [3.63, 3.8) is 0 Å². The molecule has 4 aliphatic heterocycles. The second-order valence-corrected chi connectivity index (χ2v) is 31.3. The van der Waals surface area contributed by atoms with E-state index in [0.29, 0.717) is 57.2 Å². The Morgan fingerprint density at radius 2 is 1.27 bits per heavy atom. The quantitative estimate of drug-likeness (QED) is 0.179. The maximum absolute atomic E-state index is 15.5. The number of aryl methyl sites for hydroxylation is 1. The molecule has 2 aliphatic carbocycles. The third kappa shape index (κ3) is 20.7. The van der Waals surface area contributed by atoms with E-state index in [4.69, 9.17) is 16.3 Å². The summed E-state index contributed by atoms with van der Waals surface area (Å²) in [6, 6.07) is -8.22. The van der Waals surface area contributed by atoms with E-state index in [9.17, 15) is 41.9 Å². The van der Waals surface area contributed by atoms with Crippen molar-refractivity contribution in [2.75, 3.05) is 88.2 Å². The zero-order chi connectivity index (χ0) is 76.1. The van der Waals surface area contributed by atoms with Crippen LogP contribution < -0.4 is 16.0 Å². The number of halogens is 4. The summed E-state index contributed by atoms with van der Waals surface area (Å²) in [5, 5.41) is 8.07. The standard InChI is InChI=1S/C74H114ClF3N12O13/c1-45(2)31-38-103-44-54-66(96)83(9)48(7)65(95)90-37-30-56(90)69(99)85(11)58(41-49-23-16-14-17-24-49)68(98)82(8)43-60(91)79-53(29-27-50-26-28-51(52(75)40-50)74(76,77)78)67(97)89-36-22-25-55(89)64(94)81-73(32-18-19-33-73)72(102)87(13)62(47(5)6)71(101)86(12)59(70(100)88-34-20-15-21-35-88)42-61(92)84(10)57(39-46(3)4)63(93)80-54/h26,28,40,45-49,53-59,62H,14-25,27,29-39,41-44H2,1-13H3,(H,79,91)(H,80,93)(H,81,94)/t48-,53-,54-,55-,56-,57-,58-,59-,62-/m0/s1. The summed E-state index contributed by atoms with van der Waals surface area (Å²) in [6.45, 7) is 12.8. The van der Waals surface area contributed by atoms with Crippen LogP contribution in [0.1, 0.15) is 188 Å². The van der Waals surface area contributed by atoms with Crippen LogP contribution in [0.3, 0.4) is 0 Å².